The molecule has 1 aromatic heterocycles. The molecule has 0 aliphatic heterocycles. The van der Waals surface area contributed by atoms with Gasteiger partial charge in [0.15, 0.2) is 0 Å². The highest BCUT2D eigenvalue weighted by Gasteiger charge is 2.04. The van der Waals surface area contributed by atoms with E-state index in [4.69, 9.17) is 0 Å². The Morgan fingerprint density at radius 1 is 1.05 bits per heavy atom. The lowest BCUT2D eigenvalue weighted by atomic mass is 10.1. The first kappa shape index (κ1) is 13.8. The minimum Gasteiger partial charge on any atom is -0.268 e. The summed E-state index contributed by atoms with van der Waals surface area (Å²) >= 11 is 5.90. The molecule has 0 unspecified atom stereocenters. The van der Waals surface area contributed by atoms with E-state index in [-0.39, 0.29) is 0 Å². The highest BCUT2D eigenvalue weighted by Crippen LogP contribution is 2.22. The van der Waals surface area contributed by atoms with Gasteiger partial charge in [-0.3, -0.25) is 4.68 Å². The summed E-state index contributed by atoms with van der Waals surface area (Å²) in [5.74, 6) is 0. The summed E-state index contributed by atoms with van der Waals surface area (Å²) < 4.78 is 4.32. The molecule has 0 bridgehead atoms. The Kier molecular flexibility index (Phi) is 4.21. The number of hydrogen-bond acceptors (Lipinski definition) is 1. The second-order valence-corrected chi connectivity index (χ2v) is 6.63. The molecule has 2 aromatic carbocycles. The predicted octanol–water partition coefficient (Wildman–Crippen LogP) is 4.97. The molecule has 0 aliphatic rings. The maximum Gasteiger partial charge on any atom is 0.0670 e. The number of nitrogens with zero attached hydrogens (tertiary/aromatic N) is 2. The molecule has 100 valence electrons. The van der Waals surface area contributed by atoms with Crippen LogP contribution < -0.4 is 0 Å². The van der Waals surface area contributed by atoms with Crippen molar-refractivity contribution < 1.29 is 0 Å². The van der Waals surface area contributed by atoms with E-state index >= 15 is 0 Å². The normalized spacial score (nSPS) is 10.7. The van der Waals surface area contributed by atoms with Crippen LogP contribution in [0.25, 0.3) is 11.1 Å². The van der Waals surface area contributed by atoms with Crippen LogP contribution in [-0.2, 0) is 6.54 Å². The lowest BCUT2D eigenvalue weighted by Gasteiger charge is -2.04. The summed E-state index contributed by atoms with van der Waals surface area (Å²) in [6, 6.07) is 16.7. The van der Waals surface area contributed by atoms with Gasteiger partial charge < -0.3 is 0 Å². The fourth-order valence-electron chi connectivity index (χ4n) is 2.07. The summed E-state index contributed by atoms with van der Waals surface area (Å²) in [6.45, 7) is 0.769. The van der Waals surface area contributed by atoms with Crippen molar-refractivity contribution >= 4 is 38.5 Å². The van der Waals surface area contributed by atoms with Crippen molar-refractivity contribution in [1.82, 2.24) is 9.78 Å². The summed E-state index contributed by atoms with van der Waals surface area (Å²) in [5, 5.41) is 4.45. The summed E-state index contributed by atoms with van der Waals surface area (Å²) in [6.07, 6.45) is 4.01. The number of rotatable bonds is 3. The van der Waals surface area contributed by atoms with Crippen molar-refractivity contribution in [2.75, 3.05) is 0 Å². The van der Waals surface area contributed by atoms with Crippen molar-refractivity contribution in [2.45, 2.75) is 6.54 Å². The van der Waals surface area contributed by atoms with Crippen molar-refractivity contribution in [3.63, 3.8) is 0 Å². The standard InChI is InChI=1S/C16H12BrIN2/c17-16-7-2-1-4-13(16)10-20-11-14(9-19-20)12-5-3-6-15(18)8-12/h1-9,11H,10H2. The lowest BCUT2D eigenvalue weighted by Crippen LogP contribution is -2.00. The van der Waals surface area contributed by atoms with E-state index in [1.54, 1.807) is 0 Å². The second-order valence-electron chi connectivity index (χ2n) is 4.53. The lowest BCUT2D eigenvalue weighted by molar-refractivity contribution is 0.685. The van der Waals surface area contributed by atoms with Gasteiger partial charge in [-0.25, -0.2) is 0 Å². The van der Waals surface area contributed by atoms with Crippen molar-refractivity contribution in [1.29, 1.82) is 0 Å². The second kappa shape index (κ2) is 6.10. The number of benzene rings is 2. The summed E-state index contributed by atoms with van der Waals surface area (Å²) in [5.41, 5.74) is 3.58. The number of halogens is 2. The van der Waals surface area contributed by atoms with Gasteiger partial charge in [-0.15, -0.1) is 0 Å². The van der Waals surface area contributed by atoms with Gasteiger partial charge in [-0.1, -0.05) is 46.3 Å². The SMILES string of the molecule is Brc1ccccc1Cn1cc(-c2cccc(I)c2)cn1. The Balaban J connectivity index is 1.86. The van der Waals surface area contributed by atoms with Crippen LogP contribution in [0.4, 0.5) is 0 Å². The van der Waals surface area contributed by atoms with Crippen LogP contribution in [0, 0.1) is 3.57 Å². The quantitative estimate of drug-likeness (QED) is 0.528. The molecule has 20 heavy (non-hydrogen) atoms. The number of hydrogen-bond donors (Lipinski definition) is 0. The van der Waals surface area contributed by atoms with Gasteiger partial charge in [0.05, 0.1) is 12.7 Å². The minimum atomic E-state index is 0.769. The Morgan fingerprint density at radius 2 is 1.90 bits per heavy atom. The topological polar surface area (TPSA) is 17.8 Å². The zero-order valence-electron chi connectivity index (χ0n) is 10.6. The highest BCUT2D eigenvalue weighted by atomic mass is 127. The zero-order valence-corrected chi connectivity index (χ0v) is 14.4. The van der Waals surface area contributed by atoms with Crippen molar-refractivity contribution in [3.05, 3.63) is 74.5 Å². The van der Waals surface area contributed by atoms with Crippen LogP contribution in [0.1, 0.15) is 5.56 Å². The third-order valence-electron chi connectivity index (χ3n) is 3.08. The molecule has 1 heterocycles. The van der Waals surface area contributed by atoms with E-state index < -0.39 is 0 Å². The molecule has 0 amide bonds. The van der Waals surface area contributed by atoms with Gasteiger partial charge in [0.1, 0.15) is 0 Å². The van der Waals surface area contributed by atoms with E-state index in [1.165, 1.54) is 14.7 Å². The smallest absolute Gasteiger partial charge is 0.0670 e. The minimum absolute atomic E-state index is 0.769. The van der Waals surface area contributed by atoms with E-state index in [0.29, 0.717) is 0 Å². The first-order chi connectivity index (χ1) is 9.72. The molecular formula is C16H12BrIN2. The third-order valence-corrected chi connectivity index (χ3v) is 4.53. The molecule has 3 aromatic rings. The van der Waals surface area contributed by atoms with Gasteiger partial charge in [0, 0.05) is 19.8 Å². The van der Waals surface area contributed by atoms with E-state index in [1.807, 2.05) is 23.0 Å². The average Bonchev–Trinajstić information content (AvgIpc) is 2.90. The van der Waals surface area contributed by atoms with Gasteiger partial charge in [-0.2, -0.15) is 5.10 Å². The molecule has 0 saturated heterocycles. The van der Waals surface area contributed by atoms with Crippen LogP contribution in [0.3, 0.4) is 0 Å². The fraction of sp³-hybridized carbons (Fsp3) is 0.0625. The van der Waals surface area contributed by atoms with Gasteiger partial charge >= 0.3 is 0 Å². The molecule has 0 saturated carbocycles. The predicted molar refractivity (Wildman–Crippen MR) is 93.6 cm³/mol. The average molecular weight is 439 g/mol. The molecule has 0 aliphatic carbocycles. The monoisotopic (exact) mass is 438 g/mol. The molecule has 0 atom stereocenters. The first-order valence-corrected chi connectivity index (χ1v) is 8.11. The van der Waals surface area contributed by atoms with Gasteiger partial charge in [-0.05, 0) is 51.9 Å². The molecular weight excluding hydrogens is 427 g/mol. The first-order valence-electron chi connectivity index (χ1n) is 6.24. The maximum absolute atomic E-state index is 4.45. The van der Waals surface area contributed by atoms with Crippen LogP contribution in [0.2, 0.25) is 0 Å². The van der Waals surface area contributed by atoms with Crippen LogP contribution in [0.5, 0.6) is 0 Å². The Bertz CT molecular complexity index is 737. The van der Waals surface area contributed by atoms with E-state index in [0.717, 1.165) is 16.6 Å². The van der Waals surface area contributed by atoms with Crippen molar-refractivity contribution in [3.8, 4) is 11.1 Å². The summed E-state index contributed by atoms with van der Waals surface area (Å²) in [7, 11) is 0. The van der Waals surface area contributed by atoms with Crippen molar-refractivity contribution in [2.24, 2.45) is 0 Å². The Hall–Kier alpha value is -1.14. The zero-order chi connectivity index (χ0) is 13.9. The molecule has 0 radical (unpaired) electrons. The third kappa shape index (κ3) is 3.12. The highest BCUT2D eigenvalue weighted by molar-refractivity contribution is 14.1. The molecule has 3 rings (SSSR count). The van der Waals surface area contributed by atoms with E-state index in [2.05, 4.69) is 86.2 Å². The fourth-order valence-corrected chi connectivity index (χ4v) is 3.02. The molecule has 0 N–H and O–H groups in total. The molecule has 2 nitrogen and oxygen atoms in total. The maximum atomic E-state index is 4.45. The molecule has 4 heteroatoms. The summed E-state index contributed by atoms with van der Waals surface area (Å²) in [4.78, 5) is 0. The van der Waals surface area contributed by atoms with E-state index in [9.17, 15) is 0 Å². The number of aromatic nitrogens is 2. The Morgan fingerprint density at radius 3 is 2.70 bits per heavy atom. The van der Waals surface area contributed by atoms with Crippen LogP contribution in [0.15, 0.2) is 65.4 Å². The molecule has 0 fully saturated rings. The van der Waals surface area contributed by atoms with Crippen LogP contribution >= 0.6 is 38.5 Å². The largest absolute Gasteiger partial charge is 0.268 e. The Labute approximate surface area is 140 Å². The van der Waals surface area contributed by atoms with Crippen LogP contribution in [-0.4, -0.2) is 9.78 Å². The van der Waals surface area contributed by atoms with Gasteiger partial charge in [0.25, 0.3) is 0 Å². The van der Waals surface area contributed by atoms with Gasteiger partial charge in [0.2, 0.25) is 0 Å². The molecule has 0 spiro atoms.